The molecule has 1 aromatic heterocycles. The van der Waals surface area contributed by atoms with Crippen molar-refractivity contribution >= 4 is 50.7 Å². The molecule has 39 heavy (non-hydrogen) atoms. The number of halogens is 3. The van der Waals surface area contributed by atoms with Crippen molar-refractivity contribution in [1.82, 2.24) is 15.0 Å². The number of hydrogen-bond acceptors (Lipinski definition) is 10. The molecular weight excluding hydrogens is 578 g/mol. The molecule has 1 aliphatic carbocycles. The van der Waals surface area contributed by atoms with Crippen LogP contribution < -0.4 is 10.0 Å². The first-order valence-electron chi connectivity index (χ1n) is 11.8. The van der Waals surface area contributed by atoms with Gasteiger partial charge in [0, 0.05) is 22.8 Å². The van der Waals surface area contributed by atoms with E-state index in [2.05, 4.69) is 24.8 Å². The van der Waals surface area contributed by atoms with Crippen LogP contribution in [-0.4, -0.2) is 57.2 Å². The Morgan fingerprint density at radius 1 is 1.18 bits per heavy atom. The van der Waals surface area contributed by atoms with Gasteiger partial charge in [0.05, 0.1) is 30.1 Å². The number of rotatable bonds is 8. The number of aliphatic imine (C=N–C) groups is 1. The number of nitrogens with zero attached hydrogens (tertiary/aromatic N) is 2. The Labute approximate surface area is 232 Å². The topological polar surface area (TPSA) is 136 Å². The first-order chi connectivity index (χ1) is 18.6. The molecule has 1 fully saturated rings. The van der Waals surface area contributed by atoms with Crippen molar-refractivity contribution < 1.29 is 36.3 Å². The lowest BCUT2D eigenvalue weighted by atomic mass is 9.82. The molecule has 0 bridgehead atoms. The van der Waals surface area contributed by atoms with Crippen LogP contribution in [0.1, 0.15) is 42.3 Å². The van der Waals surface area contributed by atoms with Crippen LogP contribution in [0.3, 0.4) is 0 Å². The fourth-order valence-corrected chi connectivity index (χ4v) is 6.95. The predicted octanol–water partition coefficient (Wildman–Crippen LogP) is 3.24. The number of carbonyl (C=O) groups excluding carboxylic acids is 2. The largest absolute Gasteiger partial charge is 0.468 e. The predicted molar refractivity (Wildman–Crippen MR) is 140 cm³/mol. The van der Waals surface area contributed by atoms with E-state index in [1.165, 1.54) is 24.5 Å². The molecule has 2 aliphatic rings. The monoisotopic (exact) mass is 602 g/mol. The zero-order valence-electron chi connectivity index (χ0n) is 20.9. The number of amidine groups is 1. The fourth-order valence-electron chi connectivity index (χ4n) is 4.66. The Morgan fingerprint density at radius 2 is 1.90 bits per heavy atom. The van der Waals surface area contributed by atoms with Gasteiger partial charge in [-0.3, -0.25) is 9.79 Å². The van der Waals surface area contributed by atoms with Gasteiger partial charge in [-0.05, 0) is 37.7 Å². The Hall–Kier alpha value is -2.94. The number of benzene rings is 1. The Morgan fingerprint density at radius 3 is 2.51 bits per heavy atom. The lowest BCUT2D eigenvalue weighted by Gasteiger charge is -2.35. The van der Waals surface area contributed by atoms with E-state index in [4.69, 9.17) is 16.3 Å². The van der Waals surface area contributed by atoms with Crippen LogP contribution in [0.4, 0.5) is 8.78 Å². The van der Waals surface area contributed by atoms with E-state index in [0.29, 0.717) is 29.4 Å². The van der Waals surface area contributed by atoms with Crippen molar-refractivity contribution in [3.05, 3.63) is 62.2 Å². The number of nitrogens with one attached hydrogen (secondary N) is 2. The van der Waals surface area contributed by atoms with Gasteiger partial charge in [0.25, 0.3) is 0 Å². The second kappa shape index (κ2) is 12.1. The van der Waals surface area contributed by atoms with Crippen LogP contribution >= 0.6 is 22.9 Å². The number of carbonyl (C=O) groups is 2. The van der Waals surface area contributed by atoms with Gasteiger partial charge >= 0.3 is 11.9 Å². The lowest BCUT2D eigenvalue weighted by Crippen LogP contribution is -2.42. The van der Waals surface area contributed by atoms with E-state index in [-0.39, 0.29) is 29.9 Å². The number of sulfonamides is 1. The molecule has 2 aromatic rings. The highest BCUT2D eigenvalue weighted by molar-refractivity contribution is 7.90. The third-order valence-electron chi connectivity index (χ3n) is 6.64. The van der Waals surface area contributed by atoms with Crippen LogP contribution in [0.15, 0.2) is 40.0 Å². The zero-order chi connectivity index (χ0) is 28.3. The maximum atomic E-state index is 14.5. The highest BCUT2D eigenvalue weighted by Gasteiger charge is 2.40. The quantitative estimate of drug-likeness (QED) is 0.347. The highest BCUT2D eigenvalue weighted by atomic mass is 35.5. The van der Waals surface area contributed by atoms with Gasteiger partial charge in [-0.25, -0.2) is 31.7 Å². The van der Waals surface area contributed by atoms with Crippen molar-refractivity contribution in [1.29, 1.82) is 0 Å². The van der Waals surface area contributed by atoms with Crippen LogP contribution in [-0.2, 0) is 29.1 Å². The second-order valence-electron chi connectivity index (χ2n) is 8.84. The Balaban J connectivity index is 1.71. The zero-order valence-corrected chi connectivity index (χ0v) is 23.3. The molecule has 1 aliphatic heterocycles. The minimum Gasteiger partial charge on any atom is -0.468 e. The lowest BCUT2D eigenvalue weighted by molar-refractivity contribution is -0.139. The molecular formula is C24H25ClF2N4O6S2. The molecule has 0 radical (unpaired) electrons. The van der Waals surface area contributed by atoms with E-state index in [0.717, 1.165) is 13.2 Å². The van der Waals surface area contributed by atoms with Crippen LogP contribution in [0.5, 0.6) is 0 Å². The summed E-state index contributed by atoms with van der Waals surface area (Å²) in [4.78, 5) is 33.4. The van der Waals surface area contributed by atoms with Gasteiger partial charge in [-0.2, -0.15) is 0 Å². The maximum Gasteiger partial charge on any atom is 0.338 e. The molecule has 1 atom stereocenters. The van der Waals surface area contributed by atoms with E-state index in [9.17, 15) is 26.8 Å². The summed E-state index contributed by atoms with van der Waals surface area (Å²) in [6.45, 7) is -0.470. The van der Waals surface area contributed by atoms with Gasteiger partial charge in [0.2, 0.25) is 10.0 Å². The molecule has 0 amide bonds. The molecule has 10 nitrogen and oxygen atoms in total. The average Bonchev–Trinajstić information content (AvgIpc) is 3.49. The van der Waals surface area contributed by atoms with Crippen molar-refractivity contribution in [3.63, 3.8) is 0 Å². The van der Waals surface area contributed by atoms with Crippen molar-refractivity contribution in [2.75, 3.05) is 20.8 Å². The Kier molecular flexibility index (Phi) is 8.99. The van der Waals surface area contributed by atoms with Gasteiger partial charge in [-0.1, -0.05) is 17.7 Å². The smallest absolute Gasteiger partial charge is 0.338 e. The summed E-state index contributed by atoms with van der Waals surface area (Å²) < 4.78 is 65.6. The molecule has 4 rings (SSSR count). The summed E-state index contributed by atoms with van der Waals surface area (Å²) in [6, 6.07) is 1.03. The molecule has 2 N–H and O–H groups in total. The second-order valence-corrected chi connectivity index (χ2v) is 12.2. The summed E-state index contributed by atoms with van der Waals surface area (Å²) in [5, 5.41) is 4.12. The number of ether oxygens (including phenoxy) is 2. The molecule has 0 saturated heterocycles. The normalized spacial score (nSPS) is 21.7. The van der Waals surface area contributed by atoms with Crippen molar-refractivity contribution in [3.8, 4) is 0 Å². The van der Waals surface area contributed by atoms with Crippen LogP contribution in [0, 0.1) is 17.6 Å². The molecule has 1 saturated carbocycles. The number of thiazole rings is 1. The van der Waals surface area contributed by atoms with Crippen LogP contribution in [0.2, 0.25) is 5.02 Å². The SMILES string of the molecule is COC(=O)CNS(=O)(=O)C1CCC(C2=C(C(=O)OC)C(c3ccc(F)c(F)c3Cl)N=C(c3nccs3)N2)CC1. The molecule has 15 heteroatoms. The van der Waals surface area contributed by atoms with Gasteiger partial charge < -0.3 is 14.8 Å². The van der Waals surface area contributed by atoms with Gasteiger partial charge in [0.1, 0.15) is 12.6 Å². The number of hydrogen-bond donors (Lipinski definition) is 2. The van der Waals surface area contributed by atoms with E-state index >= 15 is 0 Å². The summed E-state index contributed by atoms with van der Waals surface area (Å²) in [6.07, 6.45) is 2.76. The number of aromatic nitrogens is 1. The minimum absolute atomic E-state index is 0.0563. The number of allylic oxidation sites excluding steroid dienone is 1. The van der Waals surface area contributed by atoms with E-state index < -0.39 is 56.5 Å². The molecule has 1 aromatic carbocycles. The Bertz CT molecular complexity index is 1420. The molecule has 210 valence electrons. The summed E-state index contributed by atoms with van der Waals surface area (Å²) in [7, 11) is -1.45. The van der Waals surface area contributed by atoms with Crippen LogP contribution in [0.25, 0.3) is 0 Å². The molecule has 1 unspecified atom stereocenters. The molecule has 2 heterocycles. The first-order valence-corrected chi connectivity index (χ1v) is 14.6. The van der Waals surface area contributed by atoms with Crippen molar-refractivity contribution in [2.45, 2.75) is 37.0 Å². The fraction of sp³-hybridized carbons (Fsp3) is 0.417. The first kappa shape index (κ1) is 29.1. The van der Waals surface area contributed by atoms with E-state index in [1.807, 2.05) is 0 Å². The number of esters is 2. The highest BCUT2D eigenvalue weighted by Crippen LogP contribution is 2.42. The third-order valence-corrected chi connectivity index (χ3v) is 9.70. The maximum absolute atomic E-state index is 14.5. The summed E-state index contributed by atoms with van der Waals surface area (Å²) in [5.41, 5.74) is 0.541. The summed E-state index contributed by atoms with van der Waals surface area (Å²) in [5.74, 6) is -3.90. The summed E-state index contributed by atoms with van der Waals surface area (Å²) >= 11 is 7.46. The number of methoxy groups -OCH3 is 2. The minimum atomic E-state index is -3.80. The average molecular weight is 603 g/mol. The van der Waals surface area contributed by atoms with Gasteiger partial charge in [0.15, 0.2) is 22.5 Å². The standard InChI is InChI=1S/C24H25ClF2N4O6S2/c1-36-16(32)11-29-39(34,35)13-5-3-12(4-6-13)20-17(24(33)37-2)21(14-7-8-15(26)19(27)18(14)25)31-22(30-20)23-28-9-10-38-23/h7-10,12-13,21,29H,3-6,11H2,1-2H3,(H,30,31). The molecule has 0 spiro atoms. The van der Waals surface area contributed by atoms with Gasteiger partial charge in [-0.15, -0.1) is 11.3 Å². The van der Waals surface area contributed by atoms with E-state index in [1.54, 1.807) is 11.6 Å². The third kappa shape index (κ3) is 6.13. The van der Waals surface area contributed by atoms with Crippen molar-refractivity contribution in [2.24, 2.45) is 10.9 Å².